The number of rotatable bonds is 4. The Labute approximate surface area is 113 Å². The van der Waals surface area contributed by atoms with Crippen molar-refractivity contribution in [2.75, 3.05) is 13.1 Å². The van der Waals surface area contributed by atoms with Crippen molar-refractivity contribution in [2.45, 2.75) is 52.2 Å². The van der Waals surface area contributed by atoms with Crippen molar-refractivity contribution >= 4 is 17.8 Å². The zero-order chi connectivity index (χ0) is 14.6. The van der Waals surface area contributed by atoms with E-state index < -0.39 is 5.60 Å². The largest absolute Gasteiger partial charge is 0.460 e. The monoisotopic (exact) mass is 270 g/mol. The van der Waals surface area contributed by atoms with Crippen LogP contribution in [0.3, 0.4) is 0 Å². The second kappa shape index (κ2) is 6.14. The van der Waals surface area contributed by atoms with E-state index in [2.05, 4.69) is 5.32 Å². The van der Waals surface area contributed by atoms with Crippen molar-refractivity contribution in [1.29, 1.82) is 0 Å². The number of esters is 1. The molecule has 0 aliphatic carbocycles. The Morgan fingerprint density at radius 3 is 2.58 bits per heavy atom. The first-order chi connectivity index (χ1) is 8.73. The highest BCUT2D eigenvalue weighted by molar-refractivity contribution is 6.01. The van der Waals surface area contributed by atoms with Crippen molar-refractivity contribution in [3.63, 3.8) is 0 Å². The first-order valence-electron chi connectivity index (χ1n) is 6.52. The summed E-state index contributed by atoms with van der Waals surface area (Å²) >= 11 is 0. The summed E-state index contributed by atoms with van der Waals surface area (Å²) in [5, 5.41) is 2.30. The Balaban J connectivity index is 2.52. The fourth-order valence-corrected chi connectivity index (χ4v) is 2.03. The molecule has 0 aromatic carbocycles. The van der Waals surface area contributed by atoms with Gasteiger partial charge < -0.3 is 4.74 Å². The fourth-order valence-electron chi connectivity index (χ4n) is 2.03. The van der Waals surface area contributed by atoms with Gasteiger partial charge in [-0.05, 0) is 27.2 Å². The topological polar surface area (TPSA) is 75.7 Å². The van der Waals surface area contributed by atoms with E-state index in [4.69, 9.17) is 4.74 Å². The minimum atomic E-state index is -0.518. The quantitative estimate of drug-likeness (QED) is 0.593. The molecule has 6 heteroatoms. The Kier molecular flexibility index (Phi) is 5.05. The van der Waals surface area contributed by atoms with E-state index in [1.807, 2.05) is 6.92 Å². The second-order valence-corrected chi connectivity index (χ2v) is 5.64. The van der Waals surface area contributed by atoms with Crippen molar-refractivity contribution in [2.24, 2.45) is 0 Å². The number of nitrogens with zero attached hydrogens (tertiary/aromatic N) is 1. The van der Waals surface area contributed by atoms with Gasteiger partial charge in [0, 0.05) is 6.54 Å². The van der Waals surface area contributed by atoms with Crippen LogP contribution in [0, 0.1) is 0 Å². The van der Waals surface area contributed by atoms with Crippen molar-refractivity contribution < 1.29 is 19.1 Å². The molecule has 0 spiro atoms. The highest BCUT2D eigenvalue weighted by Crippen LogP contribution is 2.12. The van der Waals surface area contributed by atoms with Crippen LogP contribution in [0.15, 0.2) is 0 Å². The molecule has 1 unspecified atom stereocenters. The molecule has 19 heavy (non-hydrogen) atoms. The molecule has 0 bridgehead atoms. The molecular formula is C13H22N2O4. The smallest absolute Gasteiger partial charge is 0.307 e. The number of carbonyl (C=O) groups excluding carboxylic acids is 3. The molecule has 1 heterocycles. The molecule has 0 saturated carbocycles. The maximum atomic E-state index is 11.6. The number of imide groups is 1. The van der Waals surface area contributed by atoms with Gasteiger partial charge in [-0.1, -0.05) is 6.92 Å². The molecule has 1 aliphatic heterocycles. The molecule has 1 aliphatic rings. The molecule has 0 radical (unpaired) electrons. The van der Waals surface area contributed by atoms with E-state index in [1.54, 1.807) is 25.7 Å². The maximum absolute atomic E-state index is 11.6. The summed E-state index contributed by atoms with van der Waals surface area (Å²) in [5.74, 6) is -0.928. The minimum absolute atomic E-state index is 0.146. The summed E-state index contributed by atoms with van der Waals surface area (Å²) in [6.45, 7) is 7.78. The standard InChI is InChI=1S/C13H22N2O4/c1-5-9-12(18)14-10(16)8-15(9)7-6-11(17)19-13(2,3)4/h9H,5-8H2,1-4H3,(H,14,16,18). The van der Waals surface area contributed by atoms with Gasteiger partial charge in [-0.15, -0.1) is 0 Å². The summed E-state index contributed by atoms with van der Waals surface area (Å²) in [7, 11) is 0. The van der Waals surface area contributed by atoms with Crippen molar-refractivity contribution in [3.8, 4) is 0 Å². The Morgan fingerprint density at radius 1 is 1.42 bits per heavy atom. The summed E-state index contributed by atoms with van der Waals surface area (Å²) in [6.07, 6.45) is 0.780. The third-order valence-electron chi connectivity index (χ3n) is 2.76. The van der Waals surface area contributed by atoms with E-state index in [1.165, 1.54) is 0 Å². The SMILES string of the molecule is CCC1C(=O)NC(=O)CN1CCC(=O)OC(C)(C)C. The molecular weight excluding hydrogens is 248 g/mol. The number of hydrogen-bond acceptors (Lipinski definition) is 5. The van der Waals surface area contributed by atoms with E-state index >= 15 is 0 Å². The van der Waals surface area contributed by atoms with Crippen LogP contribution < -0.4 is 5.32 Å². The van der Waals surface area contributed by atoms with Crippen molar-refractivity contribution in [3.05, 3.63) is 0 Å². The number of nitrogens with one attached hydrogen (secondary N) is 1. The normalized spacial score (nSPS) is 21.2. The van der Waals surface area contributed by atoms with E-state index in [0.29, 0.717) is 13.0 Å². The third-order valence-corrected chi connectivity index (χ3v) is 2.76. The van der Waals surface area contributed by atoms with E-state index in [9.17, 15) is 14.4 Å². The van der Waals surface area contributed by atoms with Crippen LogP contribution in [0.1, 0.15) is 40.5 Å². The van der Waals surface area contributed by atoms with Crippen molar-refractivity contribution in [1.82, 2.24) is 10.2 Å². The number of piperazine rings is 1. The highest BCUT2D eigenvalue weighted by Gasteiger charge is 2.32. The van der Waals surface area contributed by atoms with Gasteiger partial charge in [0.05, 0.1) is 19.0 Å². The van der Waals surface area contributed by atoms with Crippen LogP contribution in [-0.2, 0) is 19.1 Å². The molecule has 1 fully saturated rings. The van der Waals surface area contributed by atoms with Gasteiger partial charge in [0.25, 0.3) is 0 Å². The van der Waals surface area contributed by atoms with Crippen LogP contribution in [0.25, 0.3) is 0 Å². The van der Waals surface area contributed by atoms with E-state index in [0.717, 1.165) is 0 Å². The van der Waals surface area contributed by atoms with Gasteiger partial charge in [-0.25, -0.2) is 0 Å². The lowest BCUT2D eigenvalue weighted by molar-refractivity contribution is -0.156. The molecule has 2 amide bonds. The van der Waals surface area contributed by atoms with Crippen LogP contribution >= 0.6 is 0 Å². The summed E-state index contributed by atoms with van der Waals surface area (Å²) in [4.78, 5) is 36.3. The van der Waals surface area contributed by atoms with E-state index in [-0.39, 0.29) is 36.8 Å². The van der Waals surface area contributed by atoms with Crippen LogP contribution in [0.5, 0.6) is 0 Å². The van der Waals surface area contributed by atoms with Gasteiger partial charge in [-0.3, -0.25) is 24.6 Å². The van der Waals surface area contributed by atoms with Crippen LogP contribution in [-0.4, -0.2) is 47.4 Å². The second-order valence-electron chi connectivity index (χ2n) is 5.64. The average molecular weight is 270 g/mol. The molecule has 1 saturated heterocycles. The molecule has 0 aromatic rings. The molecule has 0 aromatic heterocycles. The summed E-state index contributed by atoms with van der Waals surface area (Å²) < 4.78 is 5.20. The fraction of sp³-hybridized carbons (Fsp3) is 0.769. The number of hydrogen-bond donors (Lipinski definition) is 1. The van der Waals surface area contributed by atoms with Crippen LogP contribution in [0.2, 0.25) is 0 Å². The minimum Gasteiger partial charge on any atom is -0.460 e. The Bertz CT molecular complexity index is 373. The molecule has 1 rings (SSSR count). The lowest BCUT2D eigenvalue weighted by Crippen LogP contribution is -2.58. The van der Waals surface area contributed by atoms with Gasteiger partial charge in [0.2, 0.25) is 11.8 Å². The number of carbonyl (C=O) groups is 3. The summed E-state index contributed by atoms with van der Waals surface area (Å²) in [6, 6.07) is -0.347. The number of amides is 2. The highest BCUT2D eigenvalue weighted by atomic mass is 16.6. The molecule has 6 nitrogen and oxygen atoms in total. The predicted octanol–water partition coefficient (Wildman–Crippen LogP) is 0.455. The average Bonchev–Trinajstić information content (AvgIpc) is 2.23. The van der Waals surface area contributed by atoms with Crippen LogP contribution in [0.4, 0.5) is 0 Å². The molecule has 1 atom stereocenters. The first kappa shape index (κ1) is 15.6. The predicted molar refractivity (Wildman–Crippen MR) is 69.3 cm³/mol. The first-order valence-corrected chi connectivity index (χ1v) is 6.52. The van der Waals surface area contributed by atoms with Gasteiger partial charge in [0.15, 0.2) is 0 Å². The molecule has 1 N–H and O–H groups in total. The maximum Gasteiger partial charge on any atom is 0.307 e. The zero-order valence-electron chi connectivity index (χ0n) is 12.0. The van der Waals surface area contributed by atoms with Gasteiger partial charge in [-0.2, -0.15) is 0 Å². The Hall–Kier alpha value is -1.43. The lowest BCUT2D eigenvalue weighted by Gasteiger charge is -2.33. The third kappa shape index (κ3) is 4.98. The summed E-state index contributed by atoms with van der Waals surface area (Å²) in [5.41, 5.74) is -0.518. The lowest BCUT2D eigenvalue weighted by atomic mass is 10.1. The molecule has 108 valence electrons. The van der Waals surface area contributed by atoms with Gasteiger partial charge >= 0.3 is 5.97 Å². The Morgan fingerprint density at radius 2 is 2.05 bits per heavy atom. The van der Waals surface area contributed by atoms with Gasteiger partial charge in [0.1, 0.15) is 5.60 Å². The number of ether oxygens (including phenoxy) is 1. The zero-order valence-corrected chi connectivity index (χ0v) is 12.0.